The first-order chi connectivity index (χ1) is 16.2. The van der Waals surface area contributed by atoms with Gasteiger partial charge >= 0.3 is 0 Å². The molecule has 0 aromatic carbocycles. The molecule has 0 aromatic rings. The van der Waals surface area contributed by atoms with Crippen molar-refractivity contribution in [1.82, 2.24) is 0 Å². The lowest BCUT2D eigenvalue weighted by Gasteiger charge is -2.47. The van der Waals surface area contributed by atoms with Gasteiger partial charge in [-0.15, -0.1) is 0 Å². The van der Waals surface area contributed by atoms with Gasteiger partial charge in [0.2, 0.25) is 0 Å². The molecule has 0 amide bonds. The van der Waals surface area contributed by atoms with Crippen LogP contribution in [0, 0.1) is 0 Å². The number of aliphatic hydroxyl groups is 8. The highest BCUT2D eigenvalue weighted by atomic mass is 16.8. The van der Waals surface area contributed by atoms with Crippen LogP contribution < -0.4 is 0 Å². The lowest BCUT2D eigenvalue weighted by molar-refractivity contribution is -0.370. The summed E-state index contributed by atoms with van der Waals surface area (Å²) >= 11 is 0. The zero-order valence-corrected chi connectivity index (χ0v) is 18.2. The molecule has 3 aliphatic rings. The molecule has 3 aliphatic heterocycles. The molecule has 15 heteroatoms. The van der Waals surface area contributed by atoms with Crippen molar-refractivity contribution >= 4 is 6.29 Å². The summed E-state index contributed by atoms with van der Waals surface area (Å²) in [4.78, 5) is 11.1. The fraction of sp³-hybridized carbons (Fsp3) is 0.947. The van der Waals surface area contributed by atoms with Crippen LogP contribution in [0.1, 0.15) is 6.42 Å². The molecule has 0 bridgehead atoms. The highest BCUT2D eigenvalue weighted by Gasteiger charge is 2.52. The van der Waals surface area contributed by atoms with Crippen molar-refractivity contribution in [3.05, 3.63) is 0 Å². The Morgan fingerprint density at radius 1 is 0.765 bits per heavy atom. The average molecular weight is 500 g/mol. The summed E-state index contributed by atoms with van der Waals surface area (Å²) in [6, 6.07) is 0. The van der Waals surface area contributed by atoms with Gasteiger partial charge in [0.25, 0.3) is 0 Å². The third-order valence-corrected chi connectivity index (χ3v) is 6.08. The molecule has 3 heterocycles. The number of rotatable bonds is 8. The SMILES string of the molecule is COC1OC(CO)C(OC2OC(CO)C(OC3CC(O)C(O)C(C=O)O3)C(O)C2O)C(O)C1O. The Labute approximate surface area is 193 Å². The summed E-state index contributed by atoms with van der Waals surface area (Å²) in [6.45, 7) is -1.38. The maximum atomic E-state index is 11.1. The molecule has 8 N–H and O–H groups in total. The Balaban J connectivity index is 1.69. The van der Waals surface area contributed by atoms with E-state index >= 15 is 0 Å². The first-order valence-corrected chi connectivity index (χ1v) is 10.7. The minimum absolute atomic E-state index is 0.273. The number of aliphatic hydroxyl groups excluding tert-OH is 8. The number of methoxy groups -OCH3 is 1. The molecule has 198 valence electrons. The average Bonchev–Trinajstić information content (AvgIpc) is 2.83. The van der Waals surface area contributed by atoms with Gasteiger partial charge in [0, 0.05) is 13.5 Å². The third-order valence-electron chi connectivity index (χ3n) is 6.08. The molecule has 3 saturated heterocycles. The van der Waals surface area contributed by atoms with Crippen LogP contribution in [0.15, 0.2) is 0 Å². The van der Waals surface area contributed by atoms with E-state index in [-0.39, 0.29) is 12.7 Å². The molecule has 34 heavy (non-hydrogen) atoms. The summed E-state index contributed by atoms with van der Waals surface area (Å²) in [7, 11) is 1.22. The first kappa shape index (κ1) is 27.7. The fourth-order valence-corrected chi connectivity index (χ4v) is 4.15. The van der Waals surface area contributed by atoms with Gasteiger partial charge in [-0.25, -0.2) is 0 Å². The van der Waals surface area contributed by atoms with Crippen molar-refractivity contribution in [3.8, 4) is 0 Å². The standard InChI is InChI=1S/C19H32O15/c1-29-18-14(27)12(25)17(9(5-22)31-18)34-19-15(28)13(26)16(8(4-21)32-19)33-10-2-6(23)11(24)7(3-20)30-10/h3,6-19,21-28H,2,4-5H2,1H3. The van der Waals surface area contributed by atoms with Crippen LogP contribution in [-0.2, 0) is 33.2 Å². The Morgan fingerprint density at radius 2 is 1.29 bits per heavy atom. The van der Waals surface area contributed by atoms with Crippen LogP contribution in [0.25, 0.3) is 0 Å². The van der Waals surface area contributed by atoms with Crippen molar-refractivity contribution in [2.75, 3.05) is 20.3 Å². The Morgan fingerprint density at radius 3 is 1.82 bits per heavy atom. The van der Waals surface area contributed by atoms with E-state index in [2.05, 4.69) is 0 Å². The number of ether oxygens (including phenoxy) is 6. The van der Waals surface area contributed by atoms with Gasteiger partial charge in [0.1, 0.15) is 61.0 Å². The van der Waals surface area contributed by atoms with Crippen LogP contribution in [0.4, 0.5) is 0 Å². The van der Waals surface area contributed by atoms with Crippen molar-refractivity contribution in [2.45, 2.75) is 92.4 Å². The van der Waals surface area contributed by atoms with E-state index in [1.54, 1.807) is 0 Å². The van der Waals surface area contributed by atoms with Crippen molar-refractivity contribution in [1.29, 1.82) is 0 Å². The summed E-state index contributed by atoms with van der Waals surface area (Å²) in [5.41, 5.74) is 0. The Bertz CT molecular complexity index is 649. The van der Waals surface area contributed by atoms with E-state index < -0.39 is 99.2 Å². The zero-order valence-electron chi connectivity index (χ0n) is 18.2. The summed E-state index contributed by atoms with van der Waals surface area (Å²) in [5.74, 6) is 0. The molecule has 0 saturated carbocycles. The van der Waals surface area contributed by atoms with Crippen LogP contribution in [0.5, 0.6) is 0 Å². The molecular formula is C19H32O15. The Kier molecular flexibility index (Phi) is 9.69. The summed E-state index contributed by atoms with van der Waals surface area (Å²) < 4.78 is 32.0. The zero-order chi connectivity index (χ0) is 25.2. The molecule has 14 atom stereocenters. The molecule has 14 unspecified atom stereocenters. The van der Waals surface area contributed by atoms with Gasteiger partial charge in [-0.2, -0.15) is 0 Å². The predicted octanol–water partition coefficient (Wildman–Crippen LogP) is -5.68. The monoisotopic (exact) mass is 500 g/mol. The van der Waals surface area contributed by atoms with E-state index in [1.807, 2.05) is 0 Å². The molecule has 0 radical (unpaired) electrons. The molecule has 0 aromatic heterocycles. The molecule has 15 nitrogen and oxygen atoms in total. The number of aldehydes is 1. The third kappa shape index (κ3) is 5.58. The second-order valence-corrected chi connectivity index (χ2v) is 8.31. The second kappa shape index (κ2) is 11.9. The molecule has 3 rings (SSSR count). The van der Waals surface area contributed by atoms with E-state index in [0.717, 1.165) is 0 Å². The van der Waals surface area contributed by atoms with E-state index in [0.29, 0.717) is 0 Å². The van der Waals surface area contributed by atoms with Gasteiger partial charge in [0.05, 0.1) is 19.3 Å². The first-order valence-electron chi connectivity index (χ1n) is 10.7. The van der Waals surface area contributed by atoms with Crippen LogP contribution in [0.2, 0.25) is 0 Å². The van der Waals surface area contributed by atoms with Crippen molar-refractivity contribution in [3.63, 3.8) is 0 Å². The van der Waals surface area contributed by atoms with Crippen molar-refractivity contribution in [2.24, 2.45) is 0 Å². The molecule has 0 aliphatic carbocycles. The van der Waals surface area contributed by atoms with E-state index in [4.69, 9.17) is 28.4 Å². The highest BCUT2D eigenvalue weighted by molar-refractivity contribution is 5.57. The predicted molar refractivity (Wildman–Crippen MR) is 104 cm³/mol. The number of hydrogen-bond donors (Lipinski definition) is 8. The maximum Gasteiger partial charge on any atom is 0.187 e. The quantitative estimate of drug-likeness (QED) is 0.145. The molecule has 3 fully saturated rings. The van der Waals surface area contributed by atoms with Gasteiger partial charge in [-0.1, -0.05) is 0 Å². The summed E-state index contributed by atoms with van der Waals surface area (Å²) in [6.07, 6.45) is -20.5. The van der Waals surface area contributed by atoms with Crippen molar-refractivity contribution < 1.29 is 74.1 Å². The number of carbonyl (C=O) groups excluding carboxylic acids is 1. The fourth-order valence-electron chi connectivity index (χ4n) is 4.15. The number of hydrogen-bond acceptors (Lipinski definition) is 15. The Hall–Kier alpha value is -0.890. The van der Waals surface area contributed by atoms with Gasteiger partial charge in [-0.3, -0.25) is 0 Å². The largest absolute Gasteiger partial charge is 0.394 e. The minimum Gasteiger partial charge on any atom is -0.394 e. The number of carbonyl (C=O) groups is 1. The normalized spacial score (nSPS) is 50.1. The lowest BCUT2D eigenvalue weighted by atomic mass is 9.96. The highest BCUT2D eigenvalue weighted by Crippen LogP contribution is 2.32. The van der Waals surface area contributed by atoms with E-state index in [1.165, 1.54) is 7.11 Å². The second-order valence-electron chi connectivity index (χ2n) is 8.31. The van der Waals surface area contributed by atoms with Crippen LogP contribution >= 0.6 is 0 Å². The van der Waals surface area contributed by atoms with Gasteiger partial charge in [-0.05, 0) is 0 Å². The minimum atomic E-state index is -1.81. The van der Waals surface area contributed by atoms with Crippen LogP contribution in [-0.4, -0.2) is 153 Å². The van der Waals surface area contributed by atoms with Gasteiger partial charge < -0.3 is 74.1 Å². The molecule has 0 spiro atoms. The van der Waals surface area contributed by atoms with Crippen LogP contribution in [0.3, 0.4) is 0 Å². The lowest BCUT2D eigenvalue weighted by Crippen LogP contribution is -2.65. The summed E-state index contributed by atoms with van der Waals surface area (Å²) in [5, 5.41) is 80.7. The smallest absolute Gasteiger partial charge is 0.187 e. The maximum absolute atomic E-state index is 11.1. The topological polar surface area (TPSA) is 234 Å². The van der Waals surface area contributed by atoms with Gasteiger partial charge in [0.15, 0.2) is 25.2 Å². The van der Waals surface area contributed by atoms with E-state index in [9.17, 15) is 45.6 Å². The molecular weight excluding hydrogens is 468 g/mol.